The number of pyridine rings is 1. The first kappa shape index (κ1) is 50.5. The number of imidazole rings is 1. The number of ether oxygens (including phenoxy) is 2. The molecule has 6 aliphatic heterocycles. The van der Waals surface area contributed by atoms with Crippen molar-refractivity contribution in [2.45, 2.75) is 87.9 Å². The molecule has 18 nitrogen and oxygen atoms in total. The van der Waals surface area contributed by atoms with Crippen LogP contribution < -0.4 is 20.8 Å². The smallest absolute Gasteiger partial charge is 0.379 e. The first-order valence-electron chi connectivity index (χ1n) is 26.6. The van der Waals surface area contributed by atoms with Crippen LogP contribution in [0, 0.1) is 0 Å². The van der Waals surface area contributed by atoms with Gasteiger partial charge in [0.05, 0.1) is 42.2 Å². The van der Waals surface area contributed by atoms with E-state index in [-0.39, 0.29) is 48.4 Å². The van der Waals surface area contributed by atoms with Gasteiger partial charge in [-0.3, -0.25) is 38.4 Å². The summed E-state index contributed by atoms with van der Waals surface area (Å²) in [7, 11) is 1.87. The Morgan fingerprint density at radius 2 is 1.58 bits per heavy atom. The fourth-order valence-corrected chi connectivity index (χ4v) is 12.2. The van der Waals surface area contributed by atoms with E-state index >= 15 is 0 Å². The first-order chi connectivity index (χ1) is 37.2. The standard InChI is InChI=1S/C56H60F3N11O7/c1-63-35-60-62-49(63)27-55(33-76-34-55)39-4-2-5-42(26-39)68-32-48-46(56(57,58)59)24-36(29-70(48)54(68)75)28-64-17-3-6-44(31-64)77-43-15-18-67(19-16-43)52(73)37-7-9-40(10-8-37)65-20-22-66(23-21-65)41-11-12-45-38(25-41)30-69(53(45)74)47-13-14-50(71)61-51(47)72/h2,4-5,7-12,24-26,29,32,35,43-44,47H,3,6,13-23,27-28,30-31,33-34H2,1H3,(H,61,71,72)/t44-,47?/m1/s1. The number of alkyl halides is 3. The third-order valence-electron chi connectivity index (χ3n) is 16.5. The molecular weight excluding hydrogens is 996 g/mol. The van der Waals surface area contributed by atoms with E-state index in [1.165, 1.54) is 17.0 Å². The molecule has 402 valence electrons. The van der Waals surface area contributed by atoms with E-state index in [4.69, 9.17) is 9.47 Å². The number of rotatable bonds is 12. The SMILES string of the molecule is Cn1cnnc1CC1(c2cccc(-n3cc4c(C(F)(F)F)cc(CN5CCC[C@@H](OC6CCN(C(=O)c7ccc(N8CCN(c9ccc%10c(c9)CN(C9CCC(=O)NC9=O)C%10=O)CC8)cc7)CC6)C5)cn4c3=O)c2)COC1. The average Bonchev–Trinajstić information content (AvgIpc) is 4.19. The third kappa shape index (κ3) is 9.88. The average molecular weight is 1060 g/mol. The minimum absolute atomic E-state index is 0.0280. The van der Waals surface area contributed by atoms with Crippen LogP contribution in [-0.2, 0) is 57.2 Å². The van der Waals surface area contributed by atoms with E-state index in [9.17, 15) is 37.1 Å². The van der Waals surface area contributed by atoms with Crippen LogP contribution in [0.3, 0.4) is 0 Å². The Kier molecular flexibility index (Phi) is 13.2. The van der Waals surface area contributed by atoms with Crippen LogP contribution in [0.2, 0.25) is 0 Å². The highest BCUT2D eigenvalue weighted by molar-refractivity contribution is 6.05. The lowest BCUT2D eigenvalue weighted by Gasteiger charge is -2.41. The van der Waals surface area contributed by atoms with Gasteiger partial charge in [0.25, 0.3) is 11.8 Å². The summed E-state index contributed by atoms with van der Waals surface area (Å²) in [6, 6.07) is 21.4. The Labute approximate surface area is 441 Å². The summed E-state index contributed by atoms with van der Waals surface area (Å²) in [6.07, 6.45) is 3.62. The Morgan fingerprint density at radius 1 is 0.831 bits per heavy atom. The third-order valence-corrected chi connectivity index (χ3v) is 16.5. The Morgan fingerprint density at radius 3 is 2.29 bits per heavy atom. The van der Waals surface area contributed by atoms with Crippen molar-refractivity contribution >= 4 is 40.5 Å². The number of hydrogen-bond acceptors (Lipinski definition) is 12. The number of nitrogens with zero attached hydrogens (tertiary/aromatic N) is 10. The Bertz CT molecular complexity index is 3320. The molecule has 0 spiro atoms. The minimum Gasteiger partial charge on any atom is -0.379 e. The molecule has 0 bridgehead atoms. The molecule has 0 aliphatic carbocycles. The highest BCUT2D eigenvalue weighted by atomic mass is 19.4. The number of piperazine rings is 1. The first-order valence-corrected chi connectivity index (χ1v) is 26.6. The number of aryl methyl sites for hydroxylation is 1. The number of nitrogens with one attached hydrogen (secondary N) is 1. The highest BCUT2D eigenvalue weighted by Crippen LogP contribution is 2.38. The number of piperidine rings is 3. The number of halogens is 3. The number of anilines is 2. The Balaban J connectivity index is 0.629. The van der Waals surface area contributed by atoms with Gasteiger partial charge in [-0.05, 0) is 116 Å². The lowest BCUT2D eigenvalue weighted by atomic mass is 9.75. The van der Waals surface area contributed by atoms with Crippen LogP contribution in [0.5, 0.6) is 0 Å². The zero-order valence-electron chi connectivity index (χ0n) is 42.8. The quantitative estimate of drug-likeness (QED) is 0.161. The minimum atomic E-state index is -4.71. The fourth-order valence-electron chi connectivity index (χ4n) is 12.2. The zero-order chi connectivity index (χ0) is 53.2. The maximum absolute atomic E-state index is 14.8. The summed E-state index contributed by atoms with van der Waals surface area (Å²) in [4.78, 5) is 75.3. The molecule has 21 heteroatoms. The second-order valence-corrected chi connectivity index (χ2v) is 21.5. The second kappa shape index (κ2) is 20.2. The van der Waals surface area contributed by atoms with Gasteiger partial charge in [0.1, 0.15) is 18.2 Å². The Hall–Kier alpha value is -7.36. The number of carbonyl (C=O) groups is 4. The summed E-state index contributed by atoms with van der Waals surface area (Å²) < 4.78 is 60.9. The molecule has 2 atom stereocenters. The van der Waals surface area contributed by atoms with Gasteiger partial charge in [-0.1, -0.05) is 12.1 Å². The van der Waals surface area contributed by atoms with E-state index in [0.29, 0.717) is 94.0 Å². The summed E-state index contributed by atoms with van der Waals surface area (Å²) in [6.45, 7) is 6.79. The van der Waals surface area contributed by atoms with Crippen LogP contribution in [0.25, 0.3) is 11.2 Å². The zero-order valence-corrected chi connectivity index (χ0v) is 42.8. The summed E-state index contributed by atoms with van der Waals surface area (Å²) >= 11 is 0. The number of amides is 4. The number of aromatic nitrogens is 5. The van der Waals surface area contributed by atoms with E-state index in [2.05, 4.69) is 30.2 Å². The van der Waals surface area contributed by atoms with E-state index < -0.39 is 34.8 Å². The summed E-state index contributed by atoms with van der Waals surface area (Å²) in [5.41, 5.74) is 3.78. The van der Waals surface area contributed by atoms with Crippen LogP contribution in [0.15, 0.2) is 96.3 Å². The van der Waals surface area contributed by atoms with Gasteiger partial charge in [-0.25, -0.2) is 4.79 Å². The van der Waals surface area contributed by atoms with Gasteiger partial charge in [-0.15, -0.1) is 10.2 Å². The van der Waals surface area contributed by atoms with Crippen molar-refractivity contribution in [2.24, 2.45) is 7.05 Å². The van der Waals surface area contributed by atoms with Gasteiger partial charge in [0, 0.05) is 119 Å². The lowest BCUT2D eigenvalue weighted by molar-refractivity contribution is -0.137. The van der Waals surface area contributed by atoms with E-state index in [0.717, 1.165) is 77.8 Å². The summed E-state index contributed by atoms with van der Waals surface area (Å²) in [5.74, 6) is -0.169. The van der Waals surface area contributed by atoms with E-state index in [1.807, 2.05) is 77.2 Å². The highest BCUT2D eigenvalue weighted by Gasteiger charge is 2.43. The predicted molar refractivity (Wildman–Crippen MR) is 277 cm³/mol. The molecule has 1 N–H and O–H groups in total. The molecule has 1 unspecified atom stereocenters. The van der Waals surface area contributed by atoms with Gasteiger partial charge in [0.2, 0.25) is 11.8 Å². The van der Waals surface area contributed by atoms with E-state index in [1.54, 1.807) is 17.3 Å². The van der Waals surface area contributed by atoms with Crippen molar-refractivity contribution in [1.29, 1.82) is 0 Å². The normalized spacial score (nSPS) is 21.4. The fraction of sp³-hybridized carbons (Fsp3) is 0.446. The predicted octanol–water partition coefficient (Wildman–Crippen LogP) is 5.12. The van der Waals surface area contributed by atoms with Gasteiger partial charge >= 0.3 is 11.9 Å². The van der Waals surface area contributed by atoms with Gasteiger partial charge in [-0.2, -0.15) is 13.2 Å². The number of benzene rings is 3. The maximum Gasteiger partial charge on any atom is 0.418 e. The van der Waals surface area contributed by atoms with Crippen molar-refractivity contribution in [3.05, 3.63) is 141 Å². The molecule has 12 rings (SSSR count). The lowest BCUT2D eigenvalue weighted by Crippen LogP contribution is -2.52. The van der Waals surface area contributed by atoms with Crippen LogP contribution in [0.1, 0.15) is 87.3 Å². The van der Waals surface area contributed by atoms with Crippen molar-refractivity contribution in [3.8, 4) is 5.69 Å². The van der Waals surface area contributed by atoms with Crippen LogP contribution in [0.4, 0.5) is 24.5 Å². The molecule has 5 saturated heterocycles. The van der Waals surface area contributed by atoms with Crippen molar-refractivity contribution in [2.75, 3.05) is 75.4 Å². The van der Waals surface area contributed by atoms with Crippen molar-refractivity contribution in [3.63, 3.8) is 0 Å². The molecule has 6 aliphatic rings. The molecule has 5 fully saturated rings. The molecule has 0 saturated carbocycles. The molecular formula is C56H60F3N11O7. The molecule has 4 amide bonds. The number of hydrogen-bond donors (Lipinski definition) is 1. The molecule has 77 heavy (non-hydrogen) atoms. The topological polar surface area (TPSA) is 172 Å². The molecule has 9 heterocycles. The van der Waals surface area contributed by atoms with Crippen molar-refractivity contribution < 1.29 is 41.8 Å². The second-order valence-electron chi connectivity index (χ2n) is 21.5. The van der Waals surface area contributed by atoms with Gasteiger partial charge in [0.15, 0.2) is 0 Å². The molecule has 3 aromatic carbocycles. The van der Waals surface area contributed by atoms with Crippen LogP contribution in [-0.4, -0.2) is 146 Å². The van der Waals surface area contributed by atoms with Crippen molar-refractivity contribution in [1.82, 2.24) is 43.7 Å². The van der Waals surface area contributed by atoms with Crippen LogP contribution >= 0.6 is 0 Å². The summed E-state index contributed by atoms with van der Waals surface area (Å²) in [5, 5.41) is 10.6. The maximum atomic E-state index is 14.8. The van der Waals surface area contributed by atoms with Gasteiger partial charge < -0.3 is 33.6 Å². The number of likely N-dealkylation sites (tertiary alicyclic amines) is 2. The molecule has 3 aromatic heterocycles. The molecule has 0 radical (unpaired) electrons. The number of carbonyl (C=O) groups excluding carboxylic acids is 4. The number of imide groups is 1. The molecule has 6 aromatic rings. The number of fused-ring (bicyclic) bond motifs is 2. The largest absolute Gasteiger partial charge is 0.418 e. The monoisotopic (exact) mass is 1060 g/mol.